The van der Waals surface area contributed by atoms with E-state index >= 15 is 0 Å². The highest BCUT2D eigenvalue weighted by Crippen LogP contribution is 2.21. The zero-order valence-corrected chi connectivity index (χ0v) is 16.3. The van der Waals surface area contributed by atoms with Crippen LogP contribution in [0.15, 0.2) is 42.7 Å². The van der Waals surface area contributed by atoms with Crippen molar-refractivity contribution in [2.45, 2.75) is 32.9 Å². The maximum Gasteiger partial charge on any atom is 0.253 e. The third kappa shape index (κ3) is 5.19. The van der Waals surface area contributed by atoms with Gasteiger partial charge < -0.3 is 10.6 Å². The van der Waals surface area contributed by atoms with Gasteiger partial charge >= 0.3 is 0 Å². The van der Waals surface area contributed by atoms with Gasteiger partial charge in [-0.15, -0.1) is 0 Å². The first kappa shape index (κ1) is 20.2. The normalized spacial score (nSPS) is 13.2. The molecule has 1 aromatic carbocycles. The number of hydrogen-bond acceptors (Lipinski definition) is 3. The first-order valence-corrected chi connectivity index (χ1v) is 9.01. The molecule has 2 N–H and O–H groups in total. The van der Waals surface area contributed by atoms with Crippen LogP contribution >= 0.6 is 23.2 Å². The predicted molar refractivity (Wildman–Crippen MR) is 103 cm³/mol. The van der Waals surface area contributed by atoms with Gasteiger partial charge in [-0.25, -0.2) is 0 Å². The Hall–Kier alpha value is -2.11. The molecule has 0 aliphatic rings. The van der Waals surface area contributed by atoms with Crippen LogP contribution in [-0.2, 0) is 4.79 Å². The van der Waals surface area contributed by atoms with E-state index in [0.717, 1.165) is 5.56 Å². The van der Waals surface area contributed by atoms with Gasteiger partial charge in [0.05, 0.1) is 16.6 Å². The molecule has 7 heteroatoms. The molecular formula is C19H21Cl2N3O2. The third-order valence-corrected chi connectivity index (χ3v) is 4.52. The van der Waals surface area contributed by atoms with Crippen LogP contribution < -0.4 is 10.6 Å². The van der Waals surface area contributed by atoms with E-state index < -0.39 is 11.9 Å². The van der Waals surface area contributed by atoms with Gasteiger partial charge in [-0.3, -0.25) is 14.6 Å². The average Bonchev–Trinajstić information content (AvgIpc) is 2.59. The molecule has 0 aliphatic carbocycles. The number of nitrogens with zero attached hydrogens (tertiary/aromatic N) is 1. The Labute approximate surface area is 163 Å². The van der Waals surface area contributed by atoms with E-state index in [0.29, 0.717) is 5.02 Å². The highest BCUT2D eigenvalue weighted by Gasteiger charge is 2.26. The van der Waals surface area contributed by atoms with Crippen LogP contribution in [0.25, 0.3) is 0 Å². The second-order valence-corrected chi connectivity index (χ2v) is 7.17. The summed E-state index contributed by atoms with van der Waals surface area (Å²) in [6.07, 6.45) is 3.34. The van der Waals surface area contributed by atoms with Crippen molar-refractivity contribution in [3.63, 3.8) is 0 Å². The van der Waals surface area contributed by atoms with Crippen LogP contribution in [0.2, 0.25) is 10.0 Å². The summed E-state index contributed by atoms with van der Waals surface area (Å²) in [4.78, 5) is 29.2. The molecule has 26 heavy (non-hydrogen) atoms. The summed E-state index contributed by atoms with van der Waals surface area (Å²) in [7, 11) is 0. The molecular weight excluding hydrogens is 373 g/mol. The lowest BCUT2D eigenvalue weighted by molar-refractivity contribution is -0.124. The van der Waals surface area contributed by atoms with Gasteiger partial charge in [0.1, 0.15) is 6.04 Å². The highest BCUT2D eigenvalue weighted by molar-refractivity contribution is 6.36. The maximum absolute atomic E-state index is 12.7. The molecule has 0 fully saturated rings. The molecule has 2 aromatic rings. The Bertz CT molecular complexity index is 782. The summed E-state index contributed by atoms with van der Waals surface area (Å²) in [6.45, 7) is 5.61. The van der Waals surface area contributed by atoms with E-state index in [1.54, 1.807) is 18.5 Å². The summed E-state index contributed by atoms with van der Waals surface area (Å²) >= 11 is 11.9. The van der Waals surface area contributed by atoms with Crippen LogP contribution in [0, 0.1) is 5.92 Å². The zero-order chi connectivity index (χ0) is 19.3. The summed E-state index contributed by atoms with van der Waals surface area (Å²) in [6, 6.07) is 7.38. The molecule has 2 unspecified atom stereocenters. The third-order valence-electron chi connectivity index (χ3n) is 3.98. The molecule has 5 nitrogen and oxygen atoms in total. The molecule has 0 bridgehead atoms. The number of aromatic nitrogens is 1. The second-order valence-electron chi connectivity index (χ2n) is 6.33. The Morgan fingerprint density at radius 2 is 1.65 bits per heavy atom. The van der Waals surface area contributed by atoms with Crippen molar-refractivity contribution >= 4 is 35.0 Å². The minimum absolute atomic E-state index is 0.102. The highest BCUT2D eigenvalue weighted by atomic mass is 35.5. The van der Waals surface area contributed by atoms with Gasteiger partial charge in [0.25, 0.3) is 5.91 Å². The van der Waals surface area contributed by atoms with Crippen molar-refractivity contribution in [2.75, 3.05) is 0 Å². The number of carbonyl (C=O) groups is 2. The molecule has 1 heterocycles. The number of benzene rings is 1. The van der Waals surface area contributed by atoms with Crippen molar-refractivity contribution < 1.29 is 9.59 Å². The number of halogens is 2. The summed E-state index contributed by atoms with van der Waals surface area (Å²) < 4.78 is 0. The number of amides is 2. The number of pyridine rings is 1. The lowest BCUT2D eigenvalue weighted by atomic mass is 10.0. The van der Waals surface area contributed by atoms with Gasteiger partial charge in [-0.05, 0) is 48.7 Å². The van der Waals surface area contributed by atoms with E-state index in [1.807, 2.05) is 32.9 Å². The second kappa shape index (κ2) is 9.01. The number of hydrogen-bond donors (Lipinski definition) is 2. The number of nitrogens with one attached hydrogen (secondary N) is 2. The lowest BCUT2D eigenvalue weighted by Crippen LogP contribution is -2.50. The summed E-state index contributed by atoms with van der Waals surface area (Å²) in [5.74, 6) is -0.783. The van der Waals surface area contributed by atoms with E-state index in [4.69, 9.17) is 23.2 Å². The molecule has 138 valence electrons. The van der Waals surface area contributed by atoms with Gasteiger partial charge in [0.15, 0.2) is 0 Å². The fourth-order valence-electron chi connectivity index (χ4n) is 2.47. The first-order chi connectivity index (χ1) is 12.3. The molecule has 0 spiro atoms. The number of carbonyl (C=O) groups excluding carboxylic acids is 2. The van der Waals surface area contributed by atoms with Gasteiger partial charge in [-0.2, -0.15) is 0 Å². The van der Waals surface area contributed by atoms with E-state index in [2.05, 4.69) is 15.6 Å². The van der Waals surface area contributed by atoms with E-state index in [1.165, 1.54) is 12.1 Å². The predicted octanol–water partition coefficient (Wildman–Crippen LogP) is 4.02. The van der Waals surface area contributed by atoms with Crippen molar-refractivity contribution in [2.24, 2.45) is 5.92 Å². The first-order valence-electron chi connectivity index (χ1n) is 8.25. The maximum atomic E-state index is 12.7. The Balaban J connectivity index is 2.10. The largest absolute Gasteiger partial charge is 0.348 e. The SMILES string of the molecule is CC(NC(=O)C(NC(=O)c1ccc(Cl)cc1Cl)C(C)C)c1ccncc1. The van der Waals surface area contributed by atoms with E-state index in [9.17, 15) is 9.59 Å². The van der Waals surface area contributed by atoms with Crippen molar-refractivity contribution in [1.82, 2.24) is 15.6 Å². The van der Waals surface area contributed by atoms with Crippen molar-refractivity contribution in [3.05, 3.63) is 63.9 Å². The topological polar surface area (TPSA) is 71.1 Å². The van der Waals surface area contributed by atoms with Crippen molar-refractivity contribution in [3.8, 4) is 0 Å². The standard InChI is InChI=1S/C19H21Cl2N3O2/c1-11(2)17(19(26)23-12(3)13-6-8-22-9-7-13)24-18(25)15-5-4-14(20)10-16(15)21/h4-12,17H,1-3H3,(H,23,26)(H,24,25). The molecule has 0 aliphatic heterocycles. The van der Waals surface area contributed by atoms with Gasteiger partial charge in [0, 0.05) is 17.4 Å². The molecule has 2 amide bonds. The smallest absolute Gasteiger partial charge is 0.253 e. The van der Waals surface area contributed by atoms with Gasteiger partial charge in [-0.1, -0.05) is 37.0 Å². The van der Waals surface area contributed by atoms with E-state index in [-0.39, 0.29) is 28.5 Å². The quantitative estimate of drug-likeness (QED) is 0.778. The van der Waals surface area contributed by atoms with Crippen LogP contribution in [0.5, 0.6) is 0 Å². The minimum Gasteiger partial charge on any atom is -0.348 e. The minimum atomic E-state index is -0.696. The molecule has 0 radical (unpaired) electrons. The fourth-order valence-corrected chi connectivity index (χ4v) is 2.96. The van der Waals surface area contributed by atoms with Crippen LogP contribution in [-0.4, -0.2) is 22.8 Å². The number of rotatable bonds is 6. The van der Waals surface area contributed by atoms with Crippen LogP contribution in [0.3, 0.4) is 0 Å². The fraction of sp³-hybridized carbons (Fsp3) is 0.316. The Morgan fingerprint density at radius 3 is 2.23 bits per heavy atom. The summed E-state index contributed by atoms with van der Waals surface area (Å²) in [5, 5.41) is 6.36. The zero-order valence-electron chi connectivity index (χ0n) is 14.8. The van der Waals surface area contributed by atoms with Crippen LogP contribution in [0.1, 0.15) is 42.7 Å². The Kier molecular flexibility index (Phi) is 7.00. The molecule has 0 saturated carbocycles. The van der Waals surface area contributed by atoms with Crippen LogP contribution in [0.4, 0.5) is 0 Å². The monoisotopic (exact) mass is 393 g/mol. The molecule has 2 atom stereocenters. The molecule has 1 aromatic heterocycles. The van der Waals surface area contributed by atoms with Gasteiger partial charge in [0.2, 0.25) is 5.91 Å². The van der Waals surface area contributed by atoms with Crippen molar-refractivity contribution in [1.29, 1.82) is 0 Å². The Morgan fingerprint density at radius 1 is 1.00 bits per heavy atom. The lowest BCUT2D eigenvalue weighted by Gasteiger charge is -2.24. The summed E-state index contributed by atoms with van der Waals surface area (Å²) in [5.41, 5.74) is 1.21. The molecule has 2 rings (SSSR count). The molecule has 0 saturated heterocycles. The average molecular weight is 394 g/mol.